The average molecular weight is 321 g/mol. The van der Waals surface area contributed by atoms with Crippen LogP contribution < -0.4 is 5.32 Å². The number of rotatable bonds is 7. The van der Waals surface area contributed by atoms with Crippen molar-refractivity contribution >= 4 is 11.9 Å². The van der Waals surface area contributed by atoms with Crippen LogP contribution in [-0.2, 0) is 16.0 Å². The summed E-state index contributed by atoms with van der Waals surface area (Å²) in [6.45, 7) is 1.84. The van der Waals surface area contributed by atoms with Crippen LogP contribution in [0.1, 0.15) is 12.5 Å². The highest BCUT2D eigenvalue weighted by Crippen LogP contribution is 2.10. The van der Waals surface area contributed by atoms with E-state index in [1.807, 2.05) is 13.0 Å². The van der Waals surface area contributed by atoms with Gasteiger partial charge in [-0.15, -0.1) is 0 Å². The highest BCUT2D eigenvalue weighted by atomic mass is 19.1. The van der Waals surface area contributed by atoms with Crippen LogP contribution in [0.2, 0.25) is 0 Å². The van der Waals surface area contributed by atoms with Crippen molar-refractivity contribution in [3.8, 4) is 0 Å². The monoisotopic (exact) mass is 321 g/mol. The van der Waals surface area contributed by atoms with Crippen LogP contribution in [0.5, 0.6) is 0 Å². The van der Waals surface area contributed by atoms with E-state index in [9.17, 15) is 18.4 Å². The number of carbonyl (C=O) groups excluding carboxylic acids is 1. The van der Waals surface area contributed by atoms with Gasteiger partial charge in [0.25, 0.3) is 0 Å². The van der Waals surface area contributed by atoms with Gasteiger partial charge in [-0.1, -0.05) is 30.4 Å². The third kappa shape index (κ3) is 7.17. The largest absolute Gasteiger partial charge is 0.480 e. The molecular weight excluding hydrogens is 304 g/mol. The van der Waals surface area contributed by atoms with Crippen LogP contribution in [0.4, 0.5) is 8.78 Å². The Hall–Kier alpha value is -2.76. The molecule has 122 valence electrons. The molecule has 0 aromatic heterocycles. The third-order valence-corrected chi connectivity index (χ3v) is 2.75. The SMILES string of the molecule is C/C=C/C=C/C=C/C(=O)N[C@@H](Cc1cc(F)cc(F)c1)C(=O)O. The lowest BCUT2D eigenvalue weighted by atomic mass is 10.1. The van der Waals surface area contributed by atoms with Crippen LogP contribution in [0, 0.1) is 11.6 Å². The topological polar surface area (TPSA) is 66.4 Å². The van der Waals surface area contributed by atoms with Crippen molar-refractivity contribution < 1.29 is 23.5 Å². The molecule has 23 heavy (non-hydrogen) atoms. The van der Waals surface area contributed by atoms with Gasteiger partial charge in [0.05, 0.1) is 0 Å². The molecular formula is C17H17F2NO3. The molecule has 0 radical (unpaired) electrons. The molecule has 0 aliphatic heterocycles. The van der Waals surface area contributed by atoms with Gasteiger partial charge in [0.1, 0.15) is 17.7 Å². The number of allylic oxidation sites excluding steroid dienone is 5. The van der Waals surface area contributed by atoms with Crippen molar-refractivity contribution in [2.45, 2.75) is 19.4 Å². The number of aliphatic carboxylic acids is 1. The van der Waals surface area contributed by atoms with Crippen LogP contribution in [0.3, 0.4) is 0 Å². The Morgan fingerprint density at radius 1 is 1.13 bits per heavy atom. The Balaban J connectivity index is 2.71. The first-order valence-corrected chi connectivity index (χ1v) is 6.86. The maximum absolute atomic E-state index is 13.1. The second kappa shape index (κ2) is 9.30. The van der Waals surface area contributed by atoms with Crippen molar-refractivity contribution in [3.63, 3.8) is 0 Å². The summed E-state index contributed by atoms with van der Waals surface area (Å²) in [4.78, 5) is 22.8. The fourth-order valence-electron chi connectivity index (χ4n) is 1.77. The Bertz CT molecular complexity index is 631. The van der Waals surface area contributed by atoms with E-state index in [-0.39, 0.29) is 12.0 Å². The molecule has 0 saturated carbocycles. The van der Waals surface area contributed by atoms with Crippen LogP contribution in [0.25, 0.3) is 0 Å². The molecule has 1 rings (SSSR count). The summed E-state index contributed by atoms with van der Waals surface area (Å²) in [5.41, 5.74) is 0.146. The number of hydrogen-bond donors (Lipinski definition) is 2. The van der Waals surface area contributed by atoms with Gasteiger partial charge in [-0.3, -0.25) is 4.79 Å². The van der Waals surface area contributed by atoms with Crippen molar-refractivity contribution in [1.29, 1.82) is 0 Å². The lowest BCUT2D eigenvalue weighted by Crippen LogP contribution is -2.41. The predicted octanol–water partition coefficient (Wildman–Crippen LogP) is 2.77. The predicted molar refractivity (Wildman–Crippen MR) is 82.7 cm³/mol. The molecule has 1 amide bonds. The zero-order chi connectivity index (χ0) is 17.2. The summed E-state index contributed by atoms with van der Waals surface area (Å²) in [6.07, 6.45) is 9.28. The van der Waals surface area contributed by atoms with E-state index in [0.29, 0.717) is 6.07 Å². The number of carboxylic acid groups (broad SMARTS) is 1. The minimum absolute atomic E-state index is 0.146. The molecule has 0 saturated heterocycles. The van der Waals surface area contributed by atoms with Gasteiger partial charge in [-0.25, -0.2) is 13.6 Å². The summed E-state index contributed by atoms with van der Waals surface area (Å²) >= 11 is 0. The third-order valence-electron chi connectivity index (χ3n) is 2.75. The molecule has 1 aromatic carbocycles. The molecule has 1 aromatic rings. The first-order valence-electron chi connectivity index (χ1n) is 6.86. The standard InChI is InChI=1S/C17H17F2NO3/c1-2-3-4-5-6-7-16(21)20-15(17(22)23)10-12-8-13(18)11-14(19)9-12/h2-9,11,15H,10H2,1H3,(H,20,21)(H,22,23)/b3-2+,5-4+,7-6+/t15-/m0/s1. The van der Waals surface area contributed by atoms with Crippen molar-refractivity contribution in [3.05, 3.63) is 71.9 Å². The van der Waals surface area contributed by atoms with E-state index in [1.165, 1.54) is 12.2 Å². The zero-order valence-electron chi connectivity index (χ0n) is 12.5. The highest BCUT2D eigenvalue weighted by molar-refractivity contribution is 5.91. The number of hydrogen-bond acceptors (Lipinski definition) is 2. The Kier molecular flexibility index (Phi) is 7.39. The molecule has 0 unspecified atom stereocenters. The van der Waals surface area contributed by atoms with Crippen LogP contribution in [0.15, 0.2) is 54.7 Å². The quantitative estimate of drug-likeness (QED) is 0.599. The lowest BCUT2D eigenvalue weighted by molar-refractivity contribution is -0.141. The number of benzene rings is 1. The lowest BCUT2D eigenvalue weighted by Gasteiger charge is -2.13. The van der Waals surface area contributed by atoms with Crippen LogP contribution in [-0.4, -0.2) is 23.0 Å². The highest BCUT2D eigenvalue weighted by Gasteiger charge is 2.20. The maximum Gasteiger partial charge on any atom is 0.326 e. The minimum atomic E-state index is -1.29. The molecule has 6 heteroatoms. The van der Waals surface area contributed by atoms with Gasteiger partial charge in [-0.2, -0.15) is 0 Å². The van der Waals surface area contributed by atoms with Gasteiger partial charge in [0.2, 0.25) is 5.91 Å². The molecule has 0 fully saturated rings. The second-order valence-corrected chi connectivity index (χ2v) is 4.65. The van der Waals surface area contributed by atoms with E-state index in [1.54, 1.807) is 18.2 Å². The first kappa shape index (κ1) is 18.3. The van der Waals surface area contributed by atoms with Gasteiger partial charge in [-0.05, 0) is 24.6 Å². The smallest absolute Gasteiger partial charge is 0.326 e. The van der Waals surface area contributed by atoms with Gasteiger partial charge >= 0.3 is 5.97 Å². The van der Waals surface area contributed by atoms with E-state index in [0.717, 1.165) is 12.1 Å². The number of nitrogens with one attached hydrogen (secondary N) is 1. The van der Waals surface area contributed by atoms with Crippen LogP contribution >= 0.6 is 0 Å². The summed E-state index contributed by atoms with van der Waals surface area (Å²) in [5.74, 6) is -3.51. The molecule has 4 nitrogen and oxygen atoms in total. The average Bonchev–Trinajstić information content (AvgIpc) is 2.45. The van der Waals surface area contributed by atoms with Crippen molar-refractivity contribution in [2.75, 3.05) is 0 Å². The molecule has 0 heterocycles. The van der Waals surface area contributed by atoms with E-state index < -0.39 is 29.6 Å². The number of carbonyl (C=O) groups is 2. The molecule has 2 N–H and O–H groups in total. The van der Waals surface area contributed by atoms with Crippen molar-refractivity contribution in [1.82, 2.24) is 5.32 Å². The number of halogens is 2. The van der Waals surface area contributed by atoms with E-state index >= 15 is 0 Å². The number of amides is 1. The summed E-state index contributed by atoms with van der Waals surface area (Å²) < 4.78 is 26.2. The van der Waals surface area contributed by atoms with E-state index in [2.05, 4.69) is 5.32 Å². The van der Waals surface area contributed by atoms with E-state index in [4.69, 9.17) is 5.11 Å². The Morgan fingerprint density at radius 2 is 1.74 bits per heavy atom. The summed E-state index contributed by atoms with van der Waals surface area (Å²) in [6, 6.07) is 1.46. The van der Waals surface area contributed by atoms with Gasteiger partial charge in [0.15, 0.2) is 0 Å². The minimum Gasteiger partial charge on any atom is -0.480 e. The number of carboxylic acids is 1. The van der Waals surface area contributed by atoms with Gasteiger partial charge in [0, 0.05) is 18.6 Å². The fraction of sp³-hybridized carbons (Fsp3) is 0.176. The molecule has 0 aliphatic carbocycles. The maximum atomic E-state index is 13.1. The van der Waals surface area contributed by atoms with Gasteiger partial charge < -0.3 is 10.4 Å². The normalized spacial score (nSPS) is 13.0. The summed E-state index contributed by atoms with van der Waals surface area (Å²) in [7, 11) is 0. The Labute approximate surface area is 132 Å². The molecule has 1 atom stereocenters. The zero-order valence-corrected chi connectivity index (χ0v) is 12.5. The van der Waals surface area contributed by atoms with Crippen molar-refractivity contribution in [2.24, 2.45) is 0 Å². The Morgan fingerprint density at radius 3 is 2.30 bits per heavy atom. The molecule has 0 aliphatic rings. The fourth-order valence-corrected chi connectivity index (χ4v) is 1.77. The molecule has 0 spiro atoms. The second-order valence-electron chi connectivity index (χ2n) is 4.65. The summed E-state index contributed by atoms with van der Waals surface area (Å²) in [5, 5.41) is 11.4. The first-order chi connectivity index (χ1) is 10.9. The molecule has 0 bridgehead atoms.